The number of benzene rings is 1. The Bertz CT molecular complexity index is 1180. The van der Waals surface area contributed by atoms with Crippen molar-refractivity contribution in [2.24, 2.45) is 0 Å². The molecule has 162 valence electrons. The first kappa shape index (κ1) is 21.0. The maximum absolute atomic E-state index is 12.5. The average molecular weight is 442 g/mol. The van der Waals surface area contributed by atoms with Gasteiger partial charge in [-0.25, -0.2) is 4.98 Å². The van der Waals surface area contributed by atoms with Gasteiger partial charge in [0, 0.05) is 11.8 Å². The summed E-state index contributed by atoms with van der Waals surface area (Å²) in [5.41, 5.74) is 1.67. The normalized spacial score (nSPS) is 13.6. The van der Waals surface area contributed by atoms with Crippen molar-refractivity contribution < 1.29 is 19.1 Å². The molecular weight excluding hydrogens is 418 g/mol. The van der Waals surface area contributed by atoms with Crippen molar-refractivity contribution in [2.45, 2.75) is 45.3 Å². The molecule has 1 aromatic carbocycles. The number of nitrogens with one attached hydrogen (secondary N) is 2. The molecule has 2 heterocycles. The summed E-state index contributed by atoms with van der Waals surface area (Å²) in [7, 11) is 1.57. The number of esters is 1. The van der Waals surface area contributed by atoms with E-state index < -0.39 is 12.0 Å². The predicted octanol–water partition coefficient (Wildman–Crippen LogP) is 2.79. The van der Waals surface area contributed by atoms with Crippen LogP contribution in [0.25, 0.3) is 10.2 Å². The lowest BCUT2D eigenvalue weighted by molar-refractivity contribution is -0.146. The molecule has 0 saturated heterocycles. The van der Waals surface area contributed by atoms with Crippen molar-refractivity contribution in [3.8, 4) is 5.75 Å². The maximum atomic E-state index is 12.5. The number of carbonyl (C=O) groups is 2. The molecule has 2 N–H and O–H groups in total. The van der Waals surface area contributed by atoms with Gasteiger partial charge < -0.3 is 19.8 Å². The Hall–Kier alpha value is -3.20. The third kappa shape index (κ3) is 4.61. The standard InChI is InChI=1S/C22H23N3O5S/c1-12(26)23-16(13-6-8-14(29-2)9-7-13)10-19(27)30-11-18-24-21(28)20-15-4-3-5-17(15)31-22(20)25-18/h6-9,16H,3-5,10-11H2,1-2H3,(H,23,26)(H,24,25,28). The van der Waals surface area contributed by atoms with E-state index in [1.54, 1.807) is 31.4 Å². The Morgan fingerprint density at radius 2 is 2.03 bits per heavy atom. The summed E-state index contributed by atoms with van der Waals surface area (Å²) < 4.78 is 10.5. The minimum Gasteiger partial charge on any atom is -0.497 e. The van der Waals surface area contributed by atoms with Crippen molar-refractivity contribution >= 4 is 33.4 Å². The van der Waals surface area contributed by atoms with Crippen LogP contribution in [0.1, 0.15) is 47.6 Å². The number of methoxy groups -OCH3 is 1. The Labute approximate surface area is 182 Å². The first-order valence-electron chi connectivity index (χ1n) is 10.0. The second-order valence-corrected chi connectivity index (χ2v) is 8.52. The number of hydrogen-bond donors (Lipinski definition) is 2. The molecular formula is C22H23N3O5S. The molecule has 1 aliphatic rings. The van der Waals surface area contributed by atoms with E-state index in [-0.39, 0.29) is 24.5 Å². The van der Waals surface area contributed by atoms with Crippen molar-refractivity contribution in [3.63, 3.8) is 0 Å². The average Bonchev–Trinajstić information content (AvgIpc) is 3.32. The second kappa shape index (κ2) is 8.89. The largest absolute Gasteiger partial charge is 0.497 e. The molecule has 1 aliphatic carbocycles. The van der Waals surface area contributed by atoms with Gasteiger partial charge in [-0.15, -0.1) is 11.3 Å². The lowest BCUT2D eigenvalue weighted by Gasteiger charge is -2.18. The molecule has 3 aromatic rings. The molecule has 1 atom stereocenters. The highest BCUT2D eigenvalue weighted by molar-refractivity contribution is 7.18. The van der Waals surface area contributed by atoms with E-state index in [0.717, 1.165) is 30.4 Å². The number of aryl methyl sites for hydroxylation is 2. The highest BCUT2D eigenvalue weighted by atomic mass is 32.1. The van der Waals surface area contributed by atoms with Crippen molar-refractivity contribution in [1.29, 1.82) is 0 Å². The quantitative estimate of drug-likeness (QED) is 0.546. The van der Waals surface area contributed by atoms with Crippen molar-refractivity contribution in [3.05, 3.63) is 56.4 Å². The number of ether oxygens (including phenoxy) is 2. The van der Waals surface area contributed by atoms with Crippen LogP contribution in [-0.4, -0.2) is 29.0 Å². The number of aromatic nitrogens is 2. The Kier molecular flexibility index (Phi) is 6.03. The number of fused-ring (bicyclic) bond motifs is 3. The molecule has 2 aromatic heterocycles. The van der Waals surface area contributed by atoms with Crippen LogP contribution < -0.4 is 15.6 Å². The van der Waals surface area contributed by atoms with Gasteiger partial charge in [-0.2, -0.15) is 0 Å². The summed E-state index contributed by atoms with van der Waals surface area (Å²) in [5, 5.41) is 3.43. The highest BCUT2D eigenvalue weighted by Gasteiger charge is 2.22. The van der Waals surface area contributed by atoms with E-state index in [9.17, 15) is 14.4 Å². The number of H-pyrrole nitrogens is 1. The fourth-order valence-electron chi connectivity index (χ4n) is 3.82. The summed E-state index contributed by atoms with van der Waals surface area (Å²) in [6, 6.07) is 6.56. The first-order valence-corrected chi connectivity index (χ1v) is 10.9. The summed E-state index contributed by atoms with van der Waals surface area (Å²) in [6.45, 7) is 1.26. The van der Waals surface area contributed by atoms with E-state index >= 15 is 0 Å². The summed E-state index contributed by atoms with van der Waals surface area (Å²) >= 11 is 1.54. The van der Waals surface area contributed by atoms with Gasteiger partial charge in [0.05, 0.1) is 25.0 Å². The molecule has 0 bridgehead atoms. The van der Waals surface area contributed by atoms with E-state index in [1.165, 1.54) is 23.1 Å². The van der Waals surface area contributed by atoms with E-state index in [4.69, 9.17) is 9.47 Å². The topological polar surface area (TPSA) is 110 Å². The van der Waals surface area contributed by atoms with Gasteiger partial charge in [-0.05, 0) is 42.5 Å². The molecule has 1 unspecified atom stereocenters. The van der Waals surface area contributed by atoms with Gasteiger partial charge in [-0.1, -0.05) is 12.1 Å². The number of carbonyl (C=O) groups excluding carboxylic acids is 2. The molecule has 0 radical (unpaired) electrons. The van der Waals surface area contributed by atoms with E-state index in [2.05, 4.69) is 15.3 Å². The minimum absolute atomic E-state index is 0.0499. The molecule has 1 amide bonds. The van der Waals surface area contributed by atoms with Crippen LogP contribution in [-0.2, 0) is 33.8 Å². The van der Waals surface area contributed by atoms with Crippen LogP contribution in [0.4, 0.5) is 0 Å². The third-order valence-electron chi connectivity index (χ3n) is 5.26. The van der Waals surface area contributed by atoms with Gasteiger partial charge >= 0.3 is 5.97 Å². The molecule has 9 heteroatoms. The lowest BCUT2D eigenvalue weighted by Crippen LogP contribution is -2.28. The maximum Gasteiger partial charge on any atom is 0.308 e. The van der Waals surface area contributed by atoms with Crippen LogP contribution >= 0.6 is 11.3 Å². The van der Waals surface area contributed by atoms with Crippen molar-refractivity contribution in [1.82, 2.24) is 15.3 Å². The number of thiophene rings is 1. The van der Waals surface area contributed by atoms with Crippen LogP contribution in [0.15, 0.2) is 29.1 Å². The Morgan fingerprint density at radius 3 is 2.74 bits per heavy atom. The molecule has 4 rings (SSSR count). The van der Waals surface area contributed by atoms with Gasteiger partial charge in [0.15, 0.2) is 0 Å². The zero-order valence-corrected chi connectivity index (χ0v) is 18.1. The smallest absolute Gasteiger partial charge is 0.308 e. The molecule has 0 fully saturated rings. The Balaban J connectivity index is 1.44. The van der Waals surface area contributed by atoms with Crippen molar-refractivity contribution in [2.75, 3.05) is 7.11 Å². The van der Waals surface area contributed by atoms with Gasteiger partial charge in [0.2, 0.25) is 5.91 Å². The fraction of sp³-hybridized carbons (Fsp3) is 0.364. The zero-order valence-electron chi connectivity index (χ0n) is 17.3. The van der Waals surface area contributed by atoms with E-state index in [1.807, 2.05) is 0 Å². The first-order chi connectivity index (χ1) is 14.9. The van der Waals surface area contributed by atoms with E-state index in [0.29, 0.717) is 21.8 Å². The number of nitrogens with zero attached hydrogens (tertiary/aromatic N) is 1. The van der Waals surface area contributed by atoms with Crippen LogP contribution in [0.5, 0.6) is 5.75 Å². The lowest BCUT2D eigenvalue weighted by atomic mass is 10.0. The fourth-order valence-corrected chi connectivity index (χ4v) is 5.10. The van der Waals surface area contributed by atoms with Gasteiger partial charge in [0.1, 0.15) is 23.0 Å². The summed E-state index contributed by atoms with van der Waals surface area (Å²) in [5.74, 6) is 0.228. The zero-order chi connectivity index (χ0) is 22.0. The molecule has 0 spiro atoms. The summed E-state index contributed by atoms with van der Waals surface area (Å²) in [4.78, 5) is 45.7. The van der Waals surface area contributed by atoms with Crippen LogP contribution in [0.3, 0.4) is 0 Å². The number of amides is 1. The van der Waals surface area contributed by atoms with Crippen LogP contribution in [0, 0.1) is 0 Å². The molecule has 0 saturated carbocycles. The summed E-state index contributed by atoms with van der Waals surface area (Å²) in [6.07, 6.45) is 2.91. The highest BCUT2D eigenvalue weighted by Crippen LogP contribution is 2.34. The molecule has 0 aliphatic heterocycles. The van der Waals surface area contributed by atoms with Crippen LogP contribution in [0.2, 0.25) is 0 Å². The van der Waals surface area contributed by atoms with Gasteiger partial charge in [0.25, 0.3) is 5.56 Å². The van der Waals surface area contributed by atoms with Gasteiger partial charge in [-0.3, -0.25) is 14.4 Å². The third-order valence-corrected chi connectivity index (χ3v) is 6.45. The Morgan fingerprint density at radius 1 is 1.26 bits per heavy atom. The monoisotopic (exact) mass is 441 g/mol. The minimum atomic E-state index is -0.536. The molecule has 31 heavy (non-hydrogen) atoms. The number of rotatable bonds is 7. The number of aromatic amines is 1. The second-order valence-electron chi connectivity index (χ2n) is 7.44. The molecule has 8 nitrogen and oxygen atoms in total. The SMILES string of the molecule is COc1ccc(C(CC(=O)OCc2nc3sc4c(c3c(=O)[nH]2)CCC4)NC(C)=O)cc1. The predicted molar refractivity (Wildman–Crippen MR) is 116 cm³/mol. The number of hydrogen-bond acceptors (Lipinski definition) is 7.